The van der Waals surface area contributed by atoms with Crippen molar-refractivity contribution in [2.75, 3.05) is 0 Å². The number of Topliss-reactive ketones (excluding diaryl/α,β-unsaturated/α-hetero) is 1. The molecule has 0 amide bonds. The fourth-order valence-corrected chi connectivity index (χ4v) is 2.93. The highest BCUT2D eigenvalue weighted by atomic mass is 16.5. The van der Waals surface area contributed by atoms with Crippen LogP contribution in [0.4, 0.5) is 0 Å². The topological polar surface area (TPSA) is 52.1 Å². The Hall–Kier alpha value is -2.23. The van der Waals surface area contributed by atoms with Crippen LogP contribution in [-0.4, -0.2) is 15.8 Å². The molecule has 2 aromatic heterocycles. The number of pyridine rings is 2. The summed E-state index contributed by atoms with van der Waals surface area (Å²) in [6.45, 7) is 0. The molecule has 1 saturated carbocycles. The number of rotatable bonds is 5. The van der Waals surface area contributed by atoms with Gasteiger partial charge in [0.05, 0.1) is 6.20 Å². The molecule has 3 rings (SSSR count). The third kappa shape index (κ3) is 3.91. The molecule has 0 spiro atoms. The van der Waals surface area contributed by atoms with Gasteiger partial charge >= 0.3 is 0 Å². The highest BCUT2D eigenvalue weighted by molar-refractivity contribution is 5.94. The lowest BCUT2D eigenvalue weighted by Gasteiger charge is -2.20. The average Bonchev–Trinajstić information content (AvgIpc) is 2.57. The smallest absolute Gasteiger partial charge is 0.181 e. The van der Waals surface area contributed by atoms with E-state index in [4.69, 9.17) is 4.74 Å². The van der Waals surface area contributed by atoms with E-state index in [0.717, 1.165) is 12.8 Å². The van der Waals surface area contributed by atoms with Crippen LogP contribution in [0, 0.1) is 5.92 Å². The number of hydrogen-bond donors (Lipinski definition) is 0. The second kappa shape index (κ2) is 7.16. The summed E-state index contributed by atoms with van der Waals surface area (Å²) in [6, 6.07) is 7.12. The van der Waals surface area contributed by atoms with Crippen molar-refractivity contribution in [3.63, 3.8) is 0 Å². The summed E-state index contributed by atoms with van der Waals surface area (Å²) < 4.78 is 5.70. The van der Waals surface area contributed by atoms with E-state index in [-0.39, 0.29) is 5.78 Å². The molecule has 22 heavy (non-hydrogen) atoms. The Kier molecular flexibility index (Phi) is 4.78. The average molecular weight is 296 g/mol. The van der Waals surface area contributed by atoms with Gasteiger partial charge in [-0.25, -0.2) is 0 Å². The zero-order valence-corrected chi connectivity index (χ0v) is 12.6. The van der Waals surface area contributed by atoms with E-state index in [1.165, 1.54) is 19.3 Å². The zero-order chi connectivity index (χ0) is 15.2. The molecule has 114 valence electrons. The Bertz CT molecular complexity index is 622. The van der Waals surface area contributed by atoms with Crippen LogP contribution < -0.4 is 4.74 Å². The number of hydrogen-bond acceptors (Lipinski definition) is 4. The number of ketones is 1. The van der Waals surface area contributed by atoms with Crippen molar-refractivity contribution in [3.8, 4) is 11.5 Å². The monoisotopic (exact) mass is 296 g/mol. The number of nitrogens with zero attached hydrogens (tertiary/aromatic N) is 2. The van der Waals surface area contributed by atoms with E-state index in [1.54, 1.807) is 30.7 Å². The first-order valence-corrected chi connectivity index (χ1v) is 7.88. The summed E-state index contributed by atoms with van der Waals surface area (Å²) >= 11 is 0. The lowest BCUT2D eigenvalue weighted by molar-refractivity contribution is 0.0945. The van der Waals surface area contributed by atoms with E-state index in [9.17, 15) is 4.79 Å². The third-order valence-corrected chi connectivity index (χ3v) is 4.09. The van der Waals surface area contributed by atoms with Crippen molar-refractivity contribution in [2.45, 2.75) is 38.5 Å². The molecule has 1 aliphatic carbocycles. The maximum absolute atomic E-state index is 12.4. The van der Waals surface area contributed by atoms with E-state index in [2.05, 4.69) is 9.97 Å². The van der Waals surface area contributed by atoms with Crippen molar-refractivity contribution in [1.29, 1.82) is 0 Å². The van der Waals surface area contributed by atoms with Crippen LogP contribution in [0.15, 0.2) is 42.9 Å². The highest BCUT2D eigenvalue weighted by Gasteiger charge is 2.19. The predicted octanol–water partition coefficient (Wildman–Crippen LogP) is 4.42. The van der Waals surface area contributed by atoms with E-state index in [1.807, 2.05) is 12.1 Å². The van der Waals surface area contributed by atoms with Crippen LogP contribution in [0.3, 0.4) is 0 Å². The SMILES string of the molecule is O=C(CC1CCCCC1)c1cc(Oc2cccnc2)ccn1. The minimum absolute atomic E-state index is 0.114. The molecule has 2 heterocycles. The molecule has 0 bridgehead atoms. The highest BCUT2D eigenvalue weighted by Crippen LogP contribution is 2.28. The lowest BCUT2D eigenvalue weighted by atomic mass is 9.85. The van der Waals surface area contributed by atoms with Gasteiger partial charge in [0.25, 0.3) is 0 Å². The quantitative estimate of drug-likeness (QED) is 0.766. The second-order valence-corrected chi connectivity index (χ2v) is 5.80. The molecule has 4 heteroatoms. The third-order valence-electron chi connectivity index (χ3n) is 4.09. The normalized spacial score (nSPS) is 15.5. The minimum atomic E-state index is 0.114. The van der Waals surface area contributed by atoms with E-state index in [0.29, 0.717) is 29.5 Å². The zero-order valence-electron chi connectivity index (χ0n) is 12.6. The molecular formula is C18H20N2O2. The first-order valence-electron chi connectivity index (χ1n) is 7.88. The molecule has 0 saturated heterocycles. The van der Waals surface area contributed by atoms with Crippen LogP contribution in [-0.2, 0) is 0 Å². The molecule has 1 fully saturated rings. The number of carbonyl (C=O) groups excluding carboxylic acids is 1. The van der Waals surface area contributed by atoms with Crippen molar-refractivity contribution < 1.29 is 9.53 Å². The summed E-state index contributed by atoms with van der Waals surface area (Å²) in [5.74, 6) is 1.91. The Morgan fingerprint density at radius 3 is 2.77 bits per heavy atom. The Labute approximate surface area is 130 Å². The number of ether oxygens (including phenoxy) is 1. The van der Waals surface area contributed by atoms with Gasteiger partial charge in [0.2, 0.25) is 0 Å². The summed E-state index contributed by atoms with van der Waals surface area (Å²) in [7, 11) is 0. The first-order chi connectivity index (χ1) is 10.8. The molecular weight excluding hydrogens is 276 g/mol. The molecule has 1 aliphatic rings. The van der Waals surface area contributed by atoms with E-state index < -0.39 is 0 Å². The van der Waals surface area contributed by atoms with Gasteiger partial charge in [-0.1, -0.05) is 32.1 Å². The van der Waals surface area contributed by atoms with Crippen LogP contribution in [0.5, 0.6) is 11.5 Å². The summed E-state index contributed by atoms with van der Waals surface area (Å²) in [5, 5.41) is 0. The fraction of sp³-hybridized carbons (Fsp3) is 0.389. The lowest BCUT2D eigenvalue weighted by Crippen LogP contribution is -2.13. The molecule has 2 aromatic rings. The molecule has 0 unspecified atom stereocenters. The Balaban J connectivity index is 1.66. The molecule has 0 atom stereocenters. The van der Waals surface area contributed by atoms with Crippen molar-refractivity contribution in [2.24, 2.45) is 5.92 Å². The molecule has 0 N–H and O–H groups in total. The maximum Gasteiger partial charge on any atom is 0.181 e. The van der Waals surface area contributed by atoms with Gasteiger partial charge in [-0.2, -0.15) is 0 Å². The van der Waals surface area contributed by atoms with Crippen LogP contribution >= 0.6 is 0 Å². The van der Waals surface area contributed by atoms with Crippen molar-refractivity contribution >= 4 is 5.78 Å². The van der Waals surface area contributed by atoms with E-state index >= 15 is 0 Å². The second-order valence-electron chi connectivity index (χ2n) is 5.80. The maximum atomic E-state index is 12.4. The van der Waals surface area contributed by atoms with Crippen LogP contribution in [0.1, 0.15) is 49.0 Å². The number of aromatic nitrogens is 2. The fourth-order valence-electron chi connectivity index (χ4n) is 2.93. The first kappa shape index (κ1) is 14.7. The van der Waals surface area contributed by atoms with Gasteiger partial charge in [-0.15, -0.1) is 0 Å². The number of carbonyl (C=O) groups is 1. The van der Waals surface area contributed by atoms with Crippen molar-refractivity contribution in [1.82, 2.24) is 9.97 Å². The minimum Gasteiger partial charge on any atom is -0.456 e. The summed E-state index contributed by atoms with van der Waals surface area (Å²) in [6.07, 6.45) is 11.7. The Morgan fingerprint density at radius 2 is 2.00 bits per heavy atom. The predicted molar refractivity (Wildman–Crippen MR) is 84.1 cm³/mol. The Morgan fingerprint density at radius 1 is 1.14 bits per heavy atom. The van der Waals surface area contributed by atoms with Gasteiger partial charge in [0, 0.05) is 24.9 Å². The van der Waals surface area contributed by atoms with Gasteiger partial charge in [-0.05, 0) is 24.1 Å². The van der Waals surface area contributed by atoms with Crippen LogP contribution in [0.2, 0.25) is 0 Å². The largest absolute Gasteiger partial charge is 0.456 e. The molecule has 0 radical (unpaired) electrons. The van der Waals surface area contributed by atoms with Gasteiger partial charge in [0.1, 0.15) is 17.2 Å². The van der Waals surface area contributed by atoms with Gasteiger partial charge < -0.3 is 4.74 Å². The van der Waals surface area contributed by atoms with Crippen LogP contribution in [0.25, 0.3) is 0 Å². The molecule has 0 aliphatic heterocycles. The van der Waals surface area contributed by atoms with Crippen molar-refractivity contribution in [3.05, 3.63) is 48.5 Å². The molecule has 4 nitrogen and oxygen atoms in total. The summed E-state index contributed by atoms with van der Waals surface area (Å²) in [4.78, 5) is 20.6. The van der Waals surface area contributed by atoms with Gasteiger partial charge in [-0.3, -0.25) is 14.8 Å². The summed E-state index contributed by atoms with van der Waals surface area (Å²) in [5.41, 5.74) is 0.493. The molecule has 0 aromatic carbocycles. The van der Waals surface area contributed by atoms with Gasteiger partial charge in [0.15, 0.2) is 5.78 Å². The standard InChI is InChI=1S/C18H20N2O2/c21-18(11-14-5-2-1-3-6-14)17-12-15(8-10-20-17)22-16-7-4-9-19-13-16/h4,7-10,12-14H,1-3,5-6,11H2.